The molecular formula is C48H34N2. The Kier molecular flexibility index (Phi) is 6.67. The van der Waals surface area contributed by atoms with Crippen LogP contribution in [0.4, 0.5) is 0 Å². The van der Waals surface area contributed by atoms with Gasteiger partial charge in [-0.25, -0.2) is 0 Å². The molecule has 2 nitrogen and oxygen atoms in total. The van der Waals surface area contributed by atoms with E-state index < -0.39 is 0 Å². The molecule has 0 N–H and O–H groups in total. The van der Waals surface area contributed by atoms with Gasteiger partial charge in [-0.15, -0.1) is 0 Å². The van der Waals surface area contributed by atoms with Gasteiger partial charge in [0.15, 0.2) is 0 Å². The summed E-state index contributed by atoms with van der Waals surface area (Å²) in [6.07, 6.45) is 9.92. The zero-order valence-electron chi connectivity index (χ0n) is 27.6. The molecule has 2 aromatic heterocycles. The second kappa shape index (κ2) is 11.6. The molecule has 2 heterocycles. The van der Waals surface area contributed by atoms with Gasteiger partial charge in [-0.3, -0.25) is 0 Å². The third-order valence-electron chi connectivity index (χ3n) is 10.4. The van der Waals surface area contributed by atoms with Crippen LogP contribution in [0.5, 0.6) is 0 Å². The highest BCUT2D eigenvalue weighted by Gasteiger charge is 2.16. The number of hydrogen-bond donors (Lipinski definition) is 0. The van der Waals surface area contributed by atoms with Crippen LogP contribution in [0, 0.1) is 0 Å². The fourth-order valence-electron chi connectivity index (χ4n) is 8.02. The van der Waals surface area contributed by atoms with E-state index in [1.54, 1.807) is 0 Å². The second-order valence-corrected chi connectivity index (χ2v) is 13.3. The molecular weight excluding hydrogens is 605 g/mol. The Morgan fingerprint density at radius 2 is 0.900 bits per heavy atom. The molecule has 0 fully saturated rings. The number of hydrogen-bond acceptors (Lipinski definition) is 0. The summed E-state index contributed by atoms with van der Waals surface area (Å²) in [5, 5.41) is 5.08. The standard InChI is InChI=1S/C48H34N2/c1-3-12-33(13-4-1)36-14-11-17-40(30-36)50-46-21-10-8-19-42(46)44-32-38(27-29-48(44)50)35-24-22-34(23-25-35)37-26-28-47-43(31-37)41-18-7-9-20-45(41)49(47)39-15-5-2-6-16-39/h1-12,14-33H,13H2. The van der Waals surface area contributed by atoms with Crippen molar-refractivity contribution in [2.45, 2.75) is 12.3 Å². The van der Waals surface area contributed by atoms with Crippen molar-refractivity contribution in [2.24, 2.45) is 0 Å². The molecule has 0 saturated heterocycles. The monoisotopic (exact) mass is 638 g/mol. The Labute approximate surface area is 291 Å². The highest BCUT2D eigenvalue weighted by molar-refractivity contribution is 6.11. The van der Waals surface area contributed by atoms with Crippen molar-refractivity contribution in [3.8, 4) is 33.6 Å². The molecule has 0 amide bonds. The lowest BCUT2D eigenvalue weighted by Crippen LogP contribution is -1.99. The zero-order chi connectivity index (χ0) is 33.0. The van der Waals surface area contributed by atoms with Crippen LogP contribution < -0.4 is 0 Å². The van der Waals surface area contributed by atoms with Gasteiger partial charge in [0.05, 0.1) is 22.1 Å². The van der Waals surface area contributed by atoms with Crippen molar-refractivity contribution < 1.29 is 0 Å². The average molecular weight is 639 g/mol. The fourth-order valence-corrected chi connectivity index (χ4v) is 8.02. The first kappa shape index (κ1) is 28.6. The Hall–Kier alpha value is -6.38. The number of benzene rings is 7. The fraction of sp³-hybridized carbons (Fsp3) is 0.0417. The predicted molar refractivity (Wildman–Crippen MR) is 212 cm³/mol. The predicted octanol–water partition coefficient (Wildman–Crippen LogP) is 12.8. The quantitative estimate of drug-likeness (QED) is 0.178. The van der Waals surface area contributed by atoms with E-state index in [0.29, 0.717) is 5.92 Å². The lowest BCUT2D eigenvalue weighted by molar-refractivity contribution is 0.852. The topological polar surface area (TPSA) is 9.86 Å². The lowest BCUT2D eigenvalue weighted by Gasteiger charge is -2.16. The van der Waals surface area contributed by atoms with Gasteiger partial charge in [0.2, 0.25) is 0 Å². The van der Waals surface area contributed by atoms with Gasteiger partial charge >= 0.3 is 0 Å². The van der Waals surface area contributed by atoms with Crippen LogP contribution in [0.3, 0.4) is 0 Å². The molecule has 10 rings (SSSR count). The number of para-hydroxylation sites is 3. The molecule has 0 bridgehead atoms. The highest BCUT2D eigenvalue weighted by Crippen LogP contribution is 2.38. The molecule has 1 unspecified atom stereocenters. The Balaban J connectivity index is 1.03. The minimum absolute atomic E-state index is 0.416. The zero-order valence-corrected chi connectivity index (χ0v) is 27.6. The summed E-state index contributed by atoms with van der Waals surface area (Å²) in [4.78, 5) is 0. The van der Waals surface area contributed by atoms with Crippen LogP contribution in [0.2, 0.25) is 0 Å². The van der Waals surface area contributed by atoms with Crippen LogP contribution in [0.15, 0.2) is 188 Å². The summed E-state index contributed by atoms with van der Waals surface area (Å²) < 4.78 is 4.79. The third-order valence-corrected chi connectivity index (χ3v) is 10.4. The number of rotatable bonds is 5. The van der Waals surface area contributed by atoms with Crippen molar-refractivity contribution in [1.82, 2.24) is 9.13 Å². The van der Waals surface area contributed by atoms with E-state index in [1.165, 1.54) is 82.8 Å². The number of allylic oxidation sites excluding steroid dienone is 4. The minimum Gasteiger partial charge on any atom is -0.309 e. The van der Waals surface area contributed by atoms with E-state index in [-0.39, 0.29) is 0 Å². The van der Waals surface area contributed by atoms with Gasteiger partial charge in [0, 0.05) is 38.8 Å². The summed E-state index contributed by atoms with van der Waals surface area (Å²) >= 11 is 0. The SMILES string of the molecule is C1=CCC(c2cccc(-n3c4ccccc4c4cc(-c5ccc(-c6ccc7c(c6)c6ccccc6n7-c6ccccc6)cc5)ccc43)c2)C=C1. The first-order chi connectivity index (χ1) is 24.8. The van der Waals surface area contributed by atoms with E-state index >= 15 is 0 Å². The molecule has 1 atom stereocenters. The van der Waals surface area contributed by atoms with E-state index in [4.69, 9.17) is 0 Å². The summed E-state index contributed by atoms with van der Waals surface area (Å²) in [6.45, 7) is 0. The molecule has 1 aliphatic carbocycles. The molecule has 0 saturated carbocycles. The molecule has 9 aromatic rings. The van der Waals surface area contributed by atoms with Gasteiger partial charge in [-0.1, -0.05) is 127 Å². The van der Waals surface area contributed by atoms with Crippen molar-refractivity contribution in [2.75, 3.05) is 0 Å². The maximum Gasteiger partial charge on any atom is 0.0541 e. The molecule has 236 valence electrons. The second-order valence-electron chi connectivity index (χ2n) is 13.3. The number of aromatic nitrogens is 2. The molecule has 2 heteroatoms. The normalized spacial score (nSPS) is 14.4. The van der Waals surface area contributed by atoms with E-state index in [2.05, 4.69) is 197 Å². The van der Waals surface area contributed by atoms with Gasteiger partial charge in [0.1, 0.15) is 0 Å². The smallest absolute Gasteiger partial charge is 0.0541 e. The van der Waals surface area contributed by atoms with E-state index in [0.717, 1.165) is 6.42 Å². The van der Waals surface area contributed by atoms with Gasteiger partial charge < -0.3 is 9.13 Å². The molecule has 50 heavy (non-hydrogen) atoms. The maximum absolute atomic E-state index is 2.42. The summed E-state index contributed by atoms with van der Waals surface area (Å²) in [5.74, 6) is 0.416. The number of fused-ring (bicyclic) bond motifs is 6. The van der Waals surface area contributed by atoms with E-state index in [1.807, 2.05) is 0 Å². The van der Waals surface area contributed by atoms with Gasteiger partial charge in [0.25, 0.3) is 0 Å². The highest BCUT2D eigenvalue weighted by atomic mass is 15.0. The average Bonchev–Trinajstić information content (AvgIpc) is 3.71. The molecule has 7 aromatic carbocycles. The lowest BCUT2D eigenvalue weighted by atomic mass is 9.92. The molecule has 0 spiro atoms. The summed E-state index contributed by atoms with van der Waals surface area (Å²) in [6, 6.07) is 60.1. The molecule has 0 aliphatic heterocycles. The van der Waals surface area contributed by atoms with Crippen molar-refractivity contribution in [3.63, 3.8) is 0 Å². The largest absolute Gasteiger partial charge is 0.309 e. The van der Waals surface area contributed by atoms with Crippen LogP contribution in [0.1, 0.15) is 17.9 Å². The molecule has 0 radical (unpaired) electrons. The van der Waals surface area contributed by atoms with E-state index in [9.17, 15) is 0 Å². The summed E-state index contributed by atoms with van der Waals surface area (Å²) in [5.41, 5.74) is 13.5. The van der Waals surface area contributed by atoms with Crippen LogP contribution >= 0.6 is 0 Å². The first-order valence-corrected chi connectivity index (χ1v) is 17.5. The van der Waals surface area contributed by atoms with Crippen molar-refractivity contribution in [3.05, 3.63) is 194 Å². The number of nitrogens with zero attached hydrogens (tertiary/aromatic N) is 2. The Morgan fingerprint density at radius 1 is 0.380 bits per heavy atom. The minimum atomic E-state index is 0.416. The summed E-state index contributed by atoms with van der Waals surface area (Å²) in [7, 11) is 0. The van der Waals surface area contributed by atoms with Crippen LogP contribution in [-0.2, 0) is 0 Å². The van der Waals surface area contributed by atoms with Gasteiger partial charge in [-0.05, 0) is 94.9 Å². The van der Waals surface area contributed by atoms with Crippen molar-refractivity contribution in [1.29, 1.82) is 0 Å². The maximum atomic E-state index is 2.42. The first-order valence-electron chi connectivity index (χ1n) is 17.5. The third kappa shape index (κ3) is 4.64. The Morgan fingerprint density at radius 3 is 1.50 bits per heavy atom. The van der Waals surface area contributed by atoms with Gasteiger partial charge in [-0.2, -0.15) is 0 Å². The van der Waals surface area contributed by atoms with Crippen LogP contribution in [-0.4, -0.2) is 9.13 Å². The van der Waals surface area contributed by atoms with Crippen molar-refractivity contribution >= 4 is 43.6 Å². The molecule has 1 aliphatic rings. The Bertz CT molecular complexity index is 2770. The van der Waals surface area contributed by atoms with Crippen LogP contribution in [0.25, 0.3) is 77.2 Å².